The number of hydrogen-bond acceptors (Lipinski definition) is 4. The average molecular weight is 303 g/mol. The maximum Gasteiger partial charge on any atom is 0.273 e. The fourth-order valence-corrected chi connectivity index (χ4v) is 2.49. The normalized spacial score (nSPS) is 18.1. The third-order valence-corrected chi connectivity index (χ3v) is 3.73. The number of halogens is 1. The number of aromatic nitrogens is 3. The van der Waals surface area contributed by atoms with Crippen molar-refractivity contribution in [1.82, 2.24) is 25.6 Å². The summed E-state index contributed by atoms with van der Waals surface area (Å²) < 4.78 is 12.9. The Labute approximate surface area is 127 Å². The molecule has 116 valence electrons. The molecule has 1 atom stereocenters. The number of piperidine rings is 1. The van der Waals surface area contributed by atoms with Gasteiger partial charge in [-0.2, -0.15) is 9.90 Å². The minimum atomic E-state index is -0.324. The summed E-state index contributed by atoms with van der Waals surface area (Å²) in [5.74, 6) is -0.0984. The largest absolute Gasteiger partial charge is 0.350 e. The highest BCUT2D eigenvalue weighted by Gasteiger charge is 2.16. The van der Waals surface area contributed by atoms with E-state index in [0.717, 1.165) is 25.9 Å². The maximum absolute atomic E-state index is 12.9. The summed E-state index contributed by atoms with van der Waals surface area (Å²) >= 11 is 0. The molecule has 0 spiro atoms. The molecule has 1 fully saturated rings. The van der Waals surface area contributed by atoms with Gasteiger partial charge in [-0.05, 0) is 56.1 Å². The zero-order valence-corrected chi connectivity index (χ0v) is 12.1. The summed E-state index contributed by atoms with van der Waals surface area (Å²) in [6, 6.07) is 5.78. The van der Waals surface area contributed by atoms with Gasteiger partial charge in [-0.3, -0.25) is 4.79 Å². The van der Waals surface area contributed by atoms with E-state index < -0.39 is 0 Å². The van der Waals surface area contributed by atoms with Gasteiger partial charge in [-0.25, -0.2) is 4.39 Å². The van der Waals surface area contributed by atoms with E-state index in [4.69, 9.17) is 0 Å². The Morgan fingerprint density at radius 1 is 1.41 bits per heavy atom. The molecule has 1 aliphatic heterocycles. The lowest BCUT2D eigenvalue weighted by atomic mass is 10.00. The lowest BCUT2D eigenvalue weighted by Crippen LogP contribution is -2.38. The van der Waals surface area contributed by atoms with Crippen LogP contribution >= 0.6 is 0 Å². The van der Waals surface area contributed by atoms with Gasteiger partial charge in [-0.15, -0.1) is 5.10 Å². The maximum atomic E-state index is 12.9. The highest BCUT2D eigenvalue weighted by Crippen LogP contribution is 2.09. The predicted molar refractivity (Wildman–Crippen MR) is 79.2 cm³/mol. The summed E-state index contributed by atoms with van der Waals surface area (Å²) in [4.78, 5) is 13.4. The molecule has 22 heavy (non-hydrogen) atoms. The fraction of sp³-hybridized carbons (Fsp3) is 0.400. The molecule has 6 nitrogen and oxygen atoms in total. The number of amides is 1. The van der Waals surface area contributed by atoms with Crippen molar-refractivity contribution in [3.8, 4) is 5.69 Å². The van der Waals surface area contributed by atoms with Crippen LogP contribution in [0.1, 0.15) is 23.3 Å². The van der Waals surface area contributed by atoms with E-state index >= 15 is 0 Å². The Balaban J connectivity index is 1.60. The molecule has 0 aliphatic carbocycles. The number of benzene rings is 1. The summed E-state index contributed by atoms with van der Waals surface area (Å²) in [6.45, 7) is 2.62. The predicted octanol–water partition coefficient (Wildman–Crippen LogP) is 1.14. The molecule has 2 N–H and O–H groups in total. The Kier molecular flexibility index (Phi) is 4.43. The smallest absolute Gasteiger partial charge is 0.273 e. The molecule has 1 unspecified atom stereocenters. The molecule has 1 saturated heterocycles. The molecule has 2 aromatic rings. The molecular weight excluding hydrogens is 285 g/mol. The average Bonchev–Trinajstić information content (AvgIpc) is 3.04. The molecule has 1 aromatic carbocycles. The van der Waals surface area contributed by atoms with E-state index in [0.29, 0.717) is 18.2 Å². The summed E-state index contributed by atoms with van der Waals surface area (Å²) in [5, 5.41) is 14.4. The van der Waals surface area contributed by atoms with Gasteiger partial charge >= 0.3 is 0 Å². The molecule has 0 bridgehead atoms. The van der Waals surface area contributed by atoms with E-state index in [2.05, 4.69) is 20.8 Å². The Morgan fingerprint density at radius 3 is 2.95 bits per heavy atom. The second-order valence-corrected chi connectivity index (χ2v) is 5.42. The van der Waals surface area contributed by atoms with Crippen LogP contribution in [0.15, 0.2) is 30.5 Å². The minimum Gasteiger partial charge on any atom is -0.350 e. The number of hydrogen-bond donors (Lipinski definition) is 2. The van der Waals surface area contributed by atoms with Crippen LogP contribution in [0, 0.1) is 11.7 Å². The number of nitrogens with zero attached hydrogens (tertiary/aromatic N) is 3. The topological polar surface area (TPSA) is 71.8 Å². The first kappa shape index (κ1) is 14.6. The fourth-order valence-electron chi connectivity index (χ4n) is 2.49. The van der Waals surface area contributed by atoms with Gasteiger partial charge in [0, 0.05) is 6.54 Å². The van der Waals surface area contributed by atoms with Crippen LogP contribution in [0.4, 0.5) is 4.39 Å². The third kappa shape index (κ3) is 3.48. The summed E-state index contributed by atoms with van der Waals surface area (Å²) in [5.41, 5.74) is 0.866. The minimum absolute atomic E-state index is 0.237. The van der Waals surface area contributed by atoms with Gasteiger partial charge in [0.1, 0.15) is 5.82 Å². The highest BCUT2D eigenvalue weighted by molar-refractivity contribution is 5.91. The highest BCUT2D eigenvalue weighted by atomic mass is 19.1. The zero-order valence-electron chi connectivity index (χ0n) is 12.1. The molecule has 0 radical (unpaired) electrons. The number of rotatable bonds is 4. The van der Waals surface area contributed by atoms with Gasteiger partial charge in [0.15, 0.2) is 5.69 Å². The number of carbonyl (C=O) groups is 1. The summed E-state index contributed by atoms with van der Waals surface area (Å²) in [6.07, 6.45) is 3.68. The van der Waals surface area contributed by atoms with E-state index in [1.165, 1.54) is 23.1 Å². The van der Waals surface area contributed by atoms with Crippen molar-refractivity contribution >= 4 is 5.91 Å². The zero-order chi connectivity index (χ0) is 15.4. The quantitative estimate of drug-likeness (QED) is 0.888. The lowest BCUT2D eigenvalue weighted by Gasteiger charge is -2.22. The van der Waals surface area contributed by atoms with Crippen molar-refractivity contribution in [3.63, 3.8) is 0 Å². The van der Waals surface area contributed by atoms with Crippen molar-refractivity contribution in [2.45, 2.75) is 12.8 Å². The molecule has 1 aromatic heterocycles. The molecule has 1 amide bonds. The van der Waals surface area contributed by atoms with Crippen LogP contribution < -0.4 is 10.6 Å². The first-order valence-electron chi connectivity index (χ1n) is 7.39. The van der Waals surface area contributed by atoms with E-state index in [1.807, 2.05) is 0 Å². The molecule has 1 aliphatic rings. The van der Waals surface area contributed by atoms with E-state index in [1.54, 1.807) is 12.1 Å². The van der Waals surface area contributed by atoms with Gasteiger partial charge in [0.25, 0.3) is 5.91 Å². The third-order valence-electron chi connectivity index (χ3n) is 3.73. The van der Waals surface area contributed by atoms with Crippen LogP contribution in [0.3, 0.4) is 0 Å². The van der Waals surface area contributed by atoms with Crippen molar-refractivity contribution < 1.29 is 9.18 Å². The Morgan fingerprint density at radius 2 is 2.23 bits per heavy atom. The van der Waals surface area contributed by atoms with Crippen molar-refractivity contribution in [1.29, 1.82) is 0 Å². The number of carbonyl (C=O) groups excluding carboxylic acids is 1. The lowest BCUT2D eigenvalue weighted by molar-refractivity contribution is 0.0939. The van der Waals surface area contributed by atoms with Crippen LogP contribution in [0.5, 0.6) is 0 Å². The molecular formula is C15H18FN5O. The second kappa shape index (κ2) is 6.65. The van der Waals surface area contributed by atoms with Crippen LogP contribution in [0.2, 0.25) is 0 Å². The van der Waals surface area contributed by atoms with Crippen molar-refractivity contribution in [3.05, 3.63) is 42.0 Å². The van der Waals surface area contributed by atoms with Crippen molar-refractivity contribution in [2.75, 3.05) is 19.6 Å². The molecule has 0 saturated carbocycles. The van der Waals surface area contributed by atoms with Crippen LogP contribution in [0.25, 0.3) is 5.69 Å². The van der Waals surface area contributed by atoms with E-state index in [-0.39, 0.29) is 17.4 Å². The van der Waals surface area contributed by atoms with Crippen molar-refractivity contribution in [2.24, 2.45) is 5.92 Å². The van der Waals surface area contributed by atoms with Gasteiger partial charge in [-0.1, -0.05) is 0 Å². The van der Waals surface area contributed by atoms with Gasteiger partial charge in [0.2, 0.25) is 0 Å². The second-order valence-electron chi connectivity index (χ2n) is 5.42. The van der Waals surface area contributed by atoms with E-state index in [9.17, 15) is 9.18 Å². The Bertz CT molecular complexity index is 634. The first-order valence-corrected chi connectivity index (χ1v) is 7.39. The molecule has 3 rings (SSSR count). The van der Waals surface area contributed by atoms with Gasteiger partial charge in [0.05, 0.1) is 11.9 Å². The number of nitrogens with one attached hydrogen (secondary N) is 2. The Hall–Kier alpha value is -2.28. The molecule has 7 heteroatoms. The van der Waals surface area contributed by atoms with Crippen LogP contribution in [-0.2, 0) is 0 Å². The monoisotopic (exact) mass is 303 g/mol. The van der Waals surface area contributed by atoms with Crippen LogP contribution in [-0.4, -0.2) is 40.5 Å². The van der Waals surface area contributed by atoms with Gasteiger partial charge < -0.3 is 10.6 Å². The first-order chi connectivity index (χ1) is 10.7. The summed E-state index contributed by atoms with van der Waals surface area (Å²) in [7, 11) is 0. The standard InChI is InChI=1S/C15H18FN5O/c16-12-3-5-13(6-4-12)21-19-10-14(20-21)15(22)18-9-11-2-1-7-17-8-11/h3-6,10-11,17H,1-2,7-9H2,(H,18,22). The SMILES string of the molecule is O=C(NCC1CCCNC1)c1cnn(-c2ccc(F)cc2)n1. The molecule has 2 heterocycles.